The van der Waals surface area contributed by atoms with E-state index < -0.39 is 41.5 Å². The molecule has 38 heavy (non-hydrogen) atoms. The Hall–Kier alpha value is -4.13. The number of carbonyl (C=O) groups excluding carboxylic acids is 2. The molecule has 0 saturated carbocycles. The average Bonchev–Trinajstić information content (AvgIpc) is 3.33. The van der Waals surface area contributed by atoms with E-state index in [0.717, 1.165) is 11.9 Å². The van der Waals surface area contributed by atoms with Crippen molar-refractivity contribution in [1.82, 2.24) is 30.0 Å². The van der Waals surface area contributed by atoms with E-state index in [-0.39, 0.29) is 6.54 Å². The summed E-state index contributed by atoms with van der Waals surface area (Å²) in [5.41, 5.74) is 0.518. The number of anilines is 1. The molecule has 1 aromatic carbocycles. The number of hydrogen-bond acceptors (Lipinski definition) is 6. The molecule has 13 heteroatoms. The number of amides is 2. The van der Waals surface area contributed by atoms with Gasteiger partial charge < -0.3 is 5.32 Å². The maximum atomic E-state index is 13.9. The summed E-state index contributed by atoms with van der Waals surface area (Å²) in [5.74, 6) is -2.50. The van der Waals surface area contributed by atoms with Gasteiger partial charge in [-0.15, -0.1) is 0 Å². The van der Waals surface area contributed by atoms with Crippen LogP contribution in [0.15, 0.2) is 71.6 Å². The predicted molar refractivity (Wildman–Crippen MR) is 134 cm³/mol. The zero-order valence-electron chi connectivity index (χ0n) is 19.7. The number of para-hydroxylation sites is 1. The van der Waals surface area contributed by atoms with Crippen LogP contribution >= 0.6 is 15.9 Å². The molecule has 0 saturated heterocycles. The van der Waals surface area contributed by atoms with Gasteiger partial charge in [0.2, 0.25) is 5.82 Å². The minimum absolute atomic E-state index is 0.245. The molecule has 0 unspecified atom stereocenters. The van der Waals surface area contributed by atoms with Crippen LogP contribution in [0.5, 0.6) is 0 Å². The second kappa shape index (κ2) is 9.97. The van der Waals surface area contributed by atoms with Gasteiger partial charge in [-0.3, -0.25) is 14.5 Å². The number of alkyl halides is 3. The van der Waals surface area contributed by atoms with Crippen molar-refractivity contribution < 1.29 is 22.8 Å². The van der Waals surface area contributed by atoms with Crippen LogP contribution in [0.4, 0.5) is 19.0 Å². The van der Waals surface area contributed by atoms with E-state index in [1.165, 1.54) is 4.90 Å². The highest BCUT2D eigenvalue weighted by molar-refractivity contribution is 9.10. The molecule has 2 amide bonds. The van der Waals surface area contributed by atoms with Crippen LogP contribution in [-0.2, 0) is 11.0 Å². The van der Waals surface area contributed by atoms with E-state index in [2.05, 4.69) is 41.3 Å². The van der Waals surface area contributed by atoms with Gasteiger partial charge in [0.1, 0.15) is 22.2 Å². The highest BCUT2D eigenvalue weighted by Crippen LogP contribution is 2.41. The number of rotatable bonds is 5. The van der Waals surface area contributed by atoms with Crippen LogP contribution in [-0.4, -0.2) is 49.1 Å². The third-order valence-corrected chi connectivity index (χ3v) is 6.48. The summed E-state index contributed by atoms with van der Waals surface area (Å²) in [6, 6.07) is 13.8. The Bertz CT molecular complexity index is 1510. The molecule has 1 N–H and O–H groups in total. The fourth-order valence-corrected chi connectivity index (χ4v) is 4.76. The van der Waals surface area contributed by atoms with Crippen molar-refractivity contribution in [2.24, 2.45) is 0 Å². The van der Waals surface area contributed by atoms with E-state index in [4.69, 9.17) is 0 Å². The zero-order chi connectivity index (χ0) is 27.0. The molecule has 1 aliphatic heterocycles. The smallest absolute Gasteiger partial charge is 0.336 e. The third kappa shape index (κ3) is 4.64. The van der Waals surface area contributed by atoms with Gasteiger partial charge in [-0.25, -0.2) is 19.6 Å². The molecule has 0 spiro atoms. The quantitative estimate of drug-likeness (QED) is 0.353. The Morgan fingerprint density at radius 3 is 2.53 bits per heavy atom. The lowest BCUT2D eigenvalue weighted by molar-refractivity contribution is -0.141. The monoisotopic (exact) mass is 585 g/mol. The highest BCUT2D eigenvalue weighted by Gasteiger charge is 2.45. The van der Waals surface area contributed by atoms with Gasteiger partial charge in [-0.1, -0.05) is 24.3 Å². The highest BCUT2D eigenvalue weighted by atomic mass is 79.9. The molecule has 1 aliphatic rings. The van der Waals surface area contributed by atoms with E-state index in [1.54, 1.807) is 36.0 Å². The van der Waals surface area contributed by atoms with Crippen molar-refractivity contribution >= 4 is 33.6 Å². The number of halogens is 4. The summed E-state index contributed by atoms with van der Waals surface area (Å²) in [6.07, 6.45) is -2.31. The lowest BCUT2D eigenvalue weighted by Gasteiger charge is -2.37. The van der Waals surface area contributed by atoms with Crippen molar-refractivity contribution in [3.05, 3.63) is 94.4 Å². The van der Waals surface area contributed by atoms with Gasteiger partial charge in [0.05, 0.1) is 23.5 Å². The normalized spacial score (nSPS) is 17.3. The molecule has 0 radical (unpaired) electrons. The Morgan fingerprint density at radius 1 is 1.08 bits per heavy atom. The first-order valence-corrected chi connectivity index (χ1v) is 12.3. The van der Waals surface area contributed by atoms with Crippen LogP contribution in [0, 0.1) is 0 Å². The Balaban J connectivity index is 1.62. The molecule has 194 valence electrons. The van der Waals surface area contributed by atoms with Crippen LogP contribution in [0.2, 0.25) is 0 Å². The second-order valence-electron chi connectivity index (χ2n) is 8.33. The van der Waals surface area contributed by atoms with Crippen LogP contribution < -0.4 is 10.2 Å². The molecule has 4 heterocycles. The summed E-state index contributed by atoms with van der Waals surface area (Å²) < 4.78 is 41.7. The van der Waals surface area contributed by atoms with Gasteiger partial charge in [0, 0.05) is 18.3 Å². The summed E-state index contributed by atoms with van der Waals surface area (Å²) in [4.78, 5) is 40.0. The number of fused-ring (bicyclic) bond motifs is 1. The van der Waals surface area contributed by atoms with Gasteiger partial charge >= 0.3 is 6.18 Å². The van der Waals surface area contributed by atoms with Crippen molar-refractivity contribution in [1.29, 1.82) is 0 Å². The number of nitrogens with one attached hydrogen (secondary N) is 1. The molecule has 9 nitrogen and oxygen atoms in total. The first-order chi connectivity index (χ1) is 18.2. The minimum atomic E-state index is -4.76. The standard InChI is InChI=1S/C25H19BrF3N7O2/c1-2-35-23-15(13-31-36(23)14-7-4-3-5-8-14)19(16-9-6-10-18(26)32-16)20(24(35)38)34-22(37)21-30-12-11-17(33-21)25(27,28)29/h3-13,19-20H,2H2,1H3,(H,34,37)/t19-,20-/m0/s1. The number of aromatic nitrogens is 5. The molecule has 0 aliphatic carbocycles. The maximum Gasteiger partial charge on any atom is 0.433 e. The van der Waals surface area contributed by atoms with Gasteiger partial charge in [0.15, 0.2) is 0 Å². The number of likely N-dealkylation sites (N-methyl/N-ethyl adjacent to an activating group) is 1. The third-order valence-electron chi connectivity index (χ3n) is 6.04. The number of hydrogen-bond donors (Lipinski definition) is 1. The first kappa shape index (κ1) is 25.5. The summed E-state index contributed by atoms with van der Waals surface area (Å²) in [6.45, 7) is 2.02. The summed E-state index contributed by atoms with van der Waals surface area (Å²) >= 11 is 3.34. The molecule has 0 fully saturated rings. The van der Waals surface area contributed by atoms with Crippen molar-refractivity contribution in [2.45, 2.75) is 25.1 Å². The zero-order valence-corrected chi connectivity index (χ0v) is 21.3. The van der Waals surface area contributed by atoms with Crippen LogP contribution in [0.25, 0.3) is 5.69 Å². The van der Waals surface area contributed by atoms with Crippen molar-refractivity contribution in [3.8, 4) is 5.69 Å². The van der Waals surface area contributed by atoms with E-state index in [0.29, 0.717) is 27.7 Å². The topological polar surface area (TPSA) is 106 Å². The van der Waals surface area contributed by atoms with Gasteiger partial charge in [0.25, 0.3) is 11.8 Å². The van der Waals surface area contributed by atoms with Crippen LogP contribution in [0.3, 0.4) is 0 Å². The van der Waals surface area contributed by atoms with E-state index in [1.807, 2.05) is 30.3 Å². The number of pyridine rings is 1. The minimum Gasteiger partial charge on any atom is -0.336 e. The average molecular weight is 586 g/mol. The second-order valence-corrected chi connectivity index (χ2v) is 9.14. The fraction of sp³-hybridized carbons (Fsp3) is 0.200. The number of benzene rings is 1. The molecule has 4 aromatic rings. The molecular formula is C25H19BrF3N7O2. The molecule has 3 aromatic heterocycles. The maximum absolute atomic E-state index is 13.9. The molecular weight excluding hydrogens is 567 g/mol. The van der Waals surface area contributed by atoms with Gasteiger partial charge in [-0.2, -0.15) is 18.3 Å². The summed E-state index contributed by atoms with van der Waals surface area (Å²) in [7, 11) is 0. The molecule has 2 atom stereocenters. The number of nitrogens with zero attached hydrogens (tertiary/aromatic N) is 6. The Kier molecular flexibility index (Phi) is 6.69. The van der Waals surface area contributed by atoms with Crippen LogP contribution in [0.1, 0.15) is 40.4 Å². The van der Waals surface area contributed by atoms with Crippen molar-refractivity contribution in [3.63, 3.8) is 0 Å². The van der Waals surface area contributed by atoms with Gasteiger partial charge in [-0.05, 0) is 53.2 Å². The predicted octanol–water partition coefficient (Wildman–Crippen LogP) is 4.14. The lowest BCUT2D eigenvalue weighted by Crippen LogP contribution is -2.55. The molecule has 0 bridgehead atoms. The SMILES string of the molecule is CCN1C(=O)[C@@H](NC(=O)c2nccc(C(F)(F)F)n2)[C@H](c2cccc(Br)n2)c2cnn(-c3ccccc3)c21. The molecule has 5 rings (SSSR count). The number of carbonyl (C=O) groups is 2. The lowest BCUT2D eigenvalue weighted by atomic mass is 9.85. The first-order valence-electron chi connectivity index (χ1n) is 11.5. The Morgan fingerprint density at radius 2 is 1.84 bits per heavy atom. The summed E-state index contributed by atoms with van der Waals surface area (Å²) in [5, 5.41) is 7.10. The van der Waals surface area contributed by atoms with Crippen molar-refractivity contribution in [2.75, 3.05) is 11.4 Å². The van der Waals surface area contributed by atoms with E-state index >= 15 is 0 Å². The fourth-order valence-electron chi connectivity index (χ4n) is 4.41. The van der Waals surface area contributed by atoms with E-state index in [9.17, 15) is 22.8 Å². The Labute approximate surface area is 222 Å². The largest absolute Gasteiger partial charge is 0.433 e.